The van der Waals surface area contributed by atoms with E-state index in [4.69, 9.17) is 9.84 Å². The zero-order valence-corrected chi connectivity index (χ0v) is 14.2. The molecule has 1 aliphatic carbocycles. The van der Waals surface area contributed by atoms with Crippen LogP contribution >= 0.6 is 0 Å². The second-order valence-corrected chi connectivity index (χ2v) is 7.41. The van der Waals surface area contributed by atoms with E-state index in [0.29, 0.717) is 25.7 Å². The predicted octanol–water partition coefficient (Wildman–Crippen LogP) is 1.78. The molecule has 7 nitrogen and oxygen atoms in total. The molecule has 2 rings (SSSR count). The fourth-order valence-corrected chi connectivity index (χ4v) is 4.32. The predicted molar refractivity (Wildman–Crippen MR) is 86.1 cm³/mol. The average Bonchev–Trinajstić information content (AvgIpc) is 2.55. The lowest BCUT2D eigenvalue weighted by molar-refractivity contribution is -0.142. The number of benzene rings is 1. The van der Waals surface area contributed by atoms with Crippen LogP contribution < -0.4 is 4.72 Å². The SMILES string of the molecule is CCOC(=O)c1ccccc1S(=O)(=O)NC1CCC(C(=O)O)CC1. The molecule has 0 spiro atoms. The van der Waals surface area contributed by atoms with Crippen molar-refractivity contribution in [3.05, 3.63) is 29.8 Å². The number of aliphatic carboxylic acids is 1. The van der Waals surface area contributed by atoms with Crippen LogP contribution in [0, 0.1) is 5.92 Å². The number of sulfonamides is 1. The molecular weight excluding hydrogens is 334 g/mol. The molecule has 1 saturated carbocycles. The highest BCUT2D eigenvalue weighted by Gasteiger charge is 2.30. The van der Waals surface area contributed by atoms with Gasteiger partial charge in [-0.1, -0.05) is 12.1 Å². The molecule has 0 bridgehead atoms. The average molecular weight is 355 g/mol. The van der Waals surface area contributed by atoms with Crippen LogP contribution in [0.25, 0.3) is 0 Å². The number of nitrogens with one attached hydrogen (secondary N) is 1. The van der Waals surface area contributed by atoms with Crippen LogP contribution in [0.2, 0.25) is 0 Å². The molecule has 24 heavy (non-hydrogen) atoms. The lowest BCUT2D eigenvalue weighted by Crippen LogP contribution is -2.39. The van der Waals surface area contributed by atoms with Crippen LogP contribution in [0.1, 0.15) is 43.0 Å². The van der Waals surface area contributed by atoms with E-state index >= 15 is 0 Å². The fourth-order valence-electron chi connectivity index (χ4n) is 2.82. The Bertz CT molecular complexity index is 707. The van der Waals surface area contributed by atoms with Crippen molar-refractivity contribution in [1.29, 1.82) is 0 Å². The van der Waals surface area contributed by atoms with E-state index in [-0.39, 0.29) is 23.1 Å². The third-order valence-electron chi connectivity index (χ3n) is 4.07. The second-order valence-electron chi connectivity index (χ2n) is 5.72. The summed E-state index contributed by atoms with van der Waals surface area (Å²) in [6, 6.07) is 5.55. The Morgan fingerprint density at radius 3 is 2.42 bits per heavy atom. The molecule has 1 fully saturated rings. The van der Waals surface area contributed by atoms with Crippen LogP contribution in [0.3, 0.4) is 0 Å². The largest absolute Gasteiger partial charge is 0.481 e. The monoisotopic (exact) mass is 355 g/mol. The van der Waals surface area contributed by atoms with Crippen LogP contribution in [-0.2, 0) is 19.6 Å². The Morgan fingerprint density at radius 2 is 1.83 bits per heavy atom. The van der Waals surface area contributed by atoms with Gasteiger partial charge in [0.2, 0.25) is 10.0 Å². The number of ether oxygens (including phenoxy) is 1. The van der Waals surface area contributed by atoms with E-state index in [0.717, 1.165) is 0 Å². The van der Waals surface area contributed by atoms with Gasteiger partial charge in [-0.25, -0.2) is 17.9 Å². The number of carbonyl (C=O) groups is 2. The first kappa shape index (κ1) is 18.4. The smallest absolute Gasteiger partial charge is 0.339 e. The molecule has 0 amide bonds. The summed E-state index contributed by atoms with van der Waals surface area (Å²) < 4.78 is 32.7. The van der Waals surface area contributed by atoms with Crippen molar-refractivity contribution < 1.29 is 27.9 Å². The minimum atomic E-state index is -3.89. The summed E-state index contributed by atoms with van der Waals surface area (Å²) in [5.41, 5.74) is -0.00827. The number of hydrogen-bond donors (Lipinski definition) is 2. The highest BCUT2D eigenvalue weighted by atomic mass is 32.2. The van der Waals surface area contributed by atoms with Crippen LogP contribution in [0.4, 0.5) is 0 Å². The second kappa shape index (κ2) is 7.76. The molecule has 1 aliphatic rings. The lowest BCUT2D eigenvalue weighted by atomic mass is 9.87. The molecule has 0 aliphatic heterocycles. The van der Waals surface area contributed by atoms with E-state index < -0.39 is 27.9 Å². The molecule has 0 radical (unpaired) electrons. The molecule has 1 aromatic carbocycles. The van der Waals surface area contributed by atoms with E-state index in [1.807, 2.05) is 0 Å². The number of hydrogen-bond acceptors (Lipinski definition) is 5. The summed E-state index contributed by atoms with van der Waals surface area (Å²) >= 11 is 0. The van der Waals surface area contributed by atoms with E-state index in [9.17, 15) is 18.0 Å². The maximum Gasteiger partial charge on any atom is 0.339 e. The van der Waals surface area contributed by atoms with E-state index in [1.54, 1.807) is 19.1 Å². The van der Waals surface area contributed by atoms with Gasteiger partial charge in [-0.3, -0.25) is 4.79 Å². The van der Waals surface area contributed by atoms with Gasteiger partial charge in [0, 0.05) is 6.04 Å². The molecular formula is C16H21NO6S. The lowest BCUT2D eigenvalue weighted by Gasteiger charge is -2.26. The van der Waals surface area contributed by atoms with E-state index in [1.165, 1.54) is 12.1 Å². The molecule has 1 aromatic rings. The van der Waals surface area contributed by atoms with Gasteiger partial charge in [0.05, 0.1) is 23.0 Å². The quantitative estimate of drug-likeness (QED) is 0.753. The van der Waals surface area contributed by atoms with Crippen molar-refractivity contribution in [2.75, 3.05) is 6.61 Å². The van der Waals surface area contributed by atoms with Gasteiger partial charge in [-0.05, 0) is 44.7 Å². The van der Waals surface area contributed by atoms with Crippen molar-refractivity contribution >= 4 is 22.0 Å². The maximum atomic E-state index is 12.6. The highest BCUT2D eigenvalue weighted by Crippen LogP contribution is 2.26. The zero-order valence-electron chi connectivity index (χ0n) is 13.4. The summed E-state index contributed by atoms with van der Waals surface area (Å²) in [4.78, 5) is 22.8. The number of rotatable bonds is 6. The summed E-state index contributed by atoms with van der Waals surface area (Å²) in [6.07, 6.45) is 1.78. The van der Waals surface area contributed by atoms with Gasteiger partial charge in [0.1, 0.15) is 0 Å². The van der Waals surface area contributed by atoms with Gasteiger partial charge in [-0.2, -0.15) is 0 Å². The summed E-state index contributed by atoms with van der Waals surface area (Å²) in [5.74, 6) is -1.95. The molecule has 2 N–H and O–H groups in total. The number of carboxylic acid groups (broad SMARTS) is 1. The Morgan fingerprint density at radius 1 is 1.21 bits per heavy atom. The van der Waals surface area contributed by atoms with Gasteiger partial charge >= 0.3 is 11.9 Å². The molecule has 0 atom stereocenters. The van der Waals surface area contributed by atoms with Gasteiger partial charge in [0.15, 0.2) is 0 Å². The summed E-state index contributed by atoms with van der Waals surface area (Å²) in [6.45, 7) is 1.80. The molecule has 132 valence electrons. The Labute approximate surface area is 141 Å². The topological polar surface area (TPSA) is 110 Å². The Kier molecular flexibility index (Phi) is 5.95. The molecule has 0 aromatic heterocycles. The van der Waals surface area contributed by atoms with Gasteiger partial charge in [-0.15, -0.1) is 0 Å². The third kappa shape index (κ3) is 4.33. The standard InChI is InChI=1S/C16H21NO6S/c1-2-23-16(20)13-5-3-4-6-14(13)24(21,22)17-12-9-7-11(8-10-12)15(18)19/h3-6,11-12,17H,2,7-10H2,1H3,(H,18,19). The summed E-state index contributed by atoms with van der Waals surface area (Å²) in [7, 11) is -3.89. The third-order valence-corrected chi connectivity index (χ3v) is 5.65. The van der Waals surface area contributed by atoms with Gasteiger partial charge < -0.3 is 9.84 Å². The first-order chi connectivity index (χ1) is 11.3. The van der Waals surface area contributed by atoms with Crippen molar-refractivity contribution in [1.82, 2.24) is 4.72 Å². The zero-order chi connectivity index (χ0) is 17.7. The maximum absolute atomic E-state index is 12.6. The van der Waals surface area contributed by atoms with Crippen molar-refractivity contribution in [2.45, 2.75) is 43.5 Å². The van der Waals surface area contributed by atoms with Crippen molar-refractivity contribution in [2.24, 2.45) is 5.92 Å². The van der Waals surface area contributed by atoms with Crippen LogP contribution in [-0.4, -0.2) is 38.1 Å². The first-order valence-corrected chi connectivity index (χ1v) is 9.34. The molecule has 0 heterocycles. The molecule has 0 saturated heterocycles. The first-order valence-electron chi connectivity index (χ1n) is 7.86. The molecule has 0 unspecified atom stereocenters. The number of carbonyl (C=O) groups excluding carboxylic acids is 1. The Hall–Kier alpha value is -1.93. The van der Waals surface area contributed by atoms with Gasteiger partial charge in [0.25, 0.3) is 0 Å². The van der Waals surface area contributed by atoms with Crippen LogP contribution in [0.15, 0.2) is 29.2 Å². The Balaban J connectivity index is 2.14. The number of carboxylic acids is 1. The normalized spacial score (nSPS) is 21.2. The minimum absolute atomic E-state index is 0.00827. The highest BCUT2D eigenvalue weighted by molar-refractivity contribution is 7.89. The molecule has 8 heteroatoms. The van der Waals surface area contributed by atoms with E-state index in [2.05, 4.69) is 4.72 Å². The number of esters is 1. The van der Waals surface area contributed by atoms with Crippen molar-refractivity contribution in [3.8, 4) is 0 Å². The fraction of sp³-hybridized carbons (Fsp3) is 0.500. The van der Waals surface area contributed by atoms with Crippen molar-refractivity contribution in [3.63, 3.8) is 0 Å². The minimum Gasteiger partial charge on any atom is -0.481 e. The summed E-state index contributed by atoms with van der Waals surface area (Å²) in [5, 5.41) is 8.99. The van der Waals surface area contributed by atoms with Crippen LogP contribution in [0.5, 0.6) is 0 Å².